The molecule has 0 amide bonds. The zero-order valence-corrected chi connectivity index (χ0v) is 17.8. The van der Waals surface area contributed by atoms with E-state index in [0.29, 0.717) is 35.4 Å². The fourth-order valence-corrected chi connectivity index (χ4v) is 8.04. The second-order valence-electron chi connectivity index (χ2n) is 10.6. The molecule has 0 aliphatic heterocycles. The van der Waals surface area contributed by atoms with Gasteiger partial charge in [-0.3, -0.25) is 4.79 Å². The summed E-state index contributed by atoms with van der Waals surface area (Å²) in [5.74, 6) is 4.31. The van der Waals surface area contributed by atoms with Gasteiger partial charge in [0, 0.05) is 31.8 Å². The Balaban J connectivity index is 1.51. The molecule has 7 atom stereocenters. The van der Waals surface area contributed by atoms with Crippen molar-refractivity contribution in [3.8, 4) is 0 Å². The van der Waals surface area contributed by atoms with Crippen molar-refractivity contribution in [2.24, 2.45) is 40.4 Å². The standard InChI is InChI=1S/C25H34N2O2/c1-24-9-6-18(29)15-17(24)14-16(8-13-28)22-19-4-5-21(23-26-11-3-12-27-23)25(19,2)10-7-20(22)24/h3,5,11-12,16-17,19-20,22,28H,4,6-10,13-15H2,1-2H3/t16-,17?,19+,20+,22+,24+,25+/m1/s1. The molecule has 0 radical (unpaired) electrons. The molecule has 1 aromatic rings. The highest BCUT2D eigenvalue weighted by molar-refractivity contribution is 5.79. The third-order valence-corrected chi connectivity index (χ3v) is 9.55. The summed E-state index contributed by atoms with van der Waals surface area (Å²) in [5, 5.41) is 9.86. The first kappa shape index (κ1) is 19.4. The Morgan fingerprint density at radius 1 is 1.17 bits per heavy atom. The Morgan fingerprint density at radius 3 is 2.72 bits per heavy atom. The molecule has 3 saturated carbocycles. The molecule has 4 aliphatic rings. The molecule has 0 aromatic carbocycles. The quantitative estimate of drug-likeness (QED) is 0.808. The van der Waals surface area contributed by atoms with E-state index in [9.17, 15) is 9.90 Å². The molecule has 1 unspecified atom stereocenters. The summed E-state index contributed by atoms with van der Waals surface area (Å²) >= 11 is 0. The molecule has 4 heteroatoms. The lowest BCUT2D eigenvalue weighted by Crippen LogP contribution is -2.56. The summed E-state index contributed by atoms with van der Waals surface area (Å²) in [4.78, 5) is 21.4. The number of carbonyl (C=O) groups is 1. The fraction of sp³-hybridized carbons (Fsp3) is 0.720. The molecular weight excluding hydrogens is 360 g/mol. The van der Waals surface area contributed by atoms with E-state index in [-0.39, 0.29) is 17.4 Å². The van der Waals surface area contributed by atoms with Crippen molar-refractivity contribution in [1.29, 1.82) is 0 Å². The first-order valence-electron chi connectivity index (χ1n) is 11.6. The van der Waals surface area contributed by atoms with Crippen molar-refractivity contribution < 1.29 is 9.90 Å². The summed E-state index contributed by atoms with van der Waals surface area (Å²) in [6, 6.07) is 1.89. The number of allylic oxidation sites excluding steroid dienone is 2. The normalized spacial score (nSPS) is 43.9. The van der Waals surface area contributed by atoms with E-state index in [0.717, 1.165) is 44.3 Å². The SMILES string of the molecule is C[C@]12CCC(=O)CC1C[C@@H](CCO)[C@@H]1[C@@H]2CC[C@]2(C)C(c3ncccn3)=CC[C@@H]12. The number of aliphatic hydroxyl groups is 1. The molecule has 1 N–H and O–H groups in total. The van der Waals surface area contributed by atoms with Crippen LogP contribution in [0.4, 0.5) is 0 Å². The van der Waals surface area contributed by atoms with Gasteiger partial charge in [-0.05, 0) is 90.6 Å². The lowest BCUT2D eigenvalue weighted by Gasteiger charge is -2.62. The molecule has 4 aliphatic carbocycles. The van der Waals surface area contributed by atoms with Crippen LogP contribution in [-0.4, -0.2) is 27.5 Å². The lowest BCUT2D eigenvalue weighted by atomic mass is 9.42. The van der Waals surface area contributed by atoms with Gasteiger partial charge in [0.05, 0.1) is 0 Å². The van der Waals surface area contributed by atoms with E-state index in [1.807, 2.05) is 18.5 Å². The van der Waals surface area contributed by atoms with E-state index in [4.69, 9.17) is 0 Å². The maximum absolute atomic E-state index is 12.2. The van der Waals surface area contributed by atoms with Gasteiger partial charge in [0.25, 0.3) is 0 Å². The van der Waals surface area contributed by atoms with Gasteiger partial charge in [0.15, 0.2) is 5.82 Å². The molecule has 0 spiro atoms. The number of aromatic nitrogens is 2. The van der Waals surface area contributed by atoms with Gasteiger partial charge in [0.2, 0.25) is 0 Å². The fourth-order valence-electron chi connectivity index (χ4n) is 8.04. The average molecular weight is 395 g/mol. The highest BCUT2D eigenvalue weighted by atomic mass is 16.3. The monoisotopic (exact) mass is 394 g/mol. The van der Waals surface area contributed by atoms with Gasteiger partial charge in [-0.1, -0.05) is 19.9 Å². The number of Topliss-reactive ketones (excluding diaryl/α,β-unsaturated/α-hetero) is 1. The third-order valence-electron chi connectivity index (χ3n) is 9.55. The Kier molecular flexibility index (Phi) is 4.69. The number of aliphatic hydroxyl groups excluding tert-OH is 1. The second kappa shape index (κ2) is 7.01. The summed E-state index contributed by atoms with van der Waals surface area (Å²) < 4.78 is 0. The van der Waals surface area contributed by atoms with Gasteiger partial charge in [0.1, 0.15) is 5.78 Å². The number of fused-ring (bicyclic) bond motifs is 5. The van der Waals surface area contributed by atoms with Crippen molar-refractivity contribution in [1.82, 2.24) is 9.97 Å². The van der Waals surface area contributed by atoms with Gasteiger partial charge >= 0.3 is 0 Å². The summed E-state index contributed by atoms with van der Waals surface area (Å²) in [5.41, 5.74) is 1.76. The van der Waals surface area contributed by atoms with Crippen molar-refractivity contribution in [3.63, 3.8) is 0 Å². The molecule has 0 saturated heterocycles. The minimum atomic E-state index is 0.129. The first-order chi connectivity index (χ1) is 14.0. The molecule has 5 rings (SSSR count). The number of rotatable bonds is 3. The summed E-state index contributed by atoms with van der Waals surface area (Å²) in [7, 11) is 0. The van der Waals surface area contributed by atoms with E-state index in [1.54, 1.807) is 0 Å². The number of nitrogens with zero attached hydrogens (tertiary/aromatic N) is 2. The van der Waals surface area contributed by atoms with Crippen molar-refractivity contribution in [2.75, 3.05) is 6.61 Å². The van der Waals surface area contributed by atoms with E-state index in [1.165, 1.54) is 18.4 Å². The van der Waals surface area contributed by atoms with Gasteiger partial charge < -0.3 is 5.11 Å². The highest BCUT2D eigenvalue weighted by Gasteiger charge is 2.61. The number of hydrogen-bond donors (Lipinski definition) is 1. The number of carbonyl (C=O) groups excluding carboxylic acids is 1. The Labute approximate surface area is 174 Å². The summed E-state index contributed by atoms with van der Waals surface area (Å²) in [6.07, 6.45) is 14.2. The number of hydrogen-bond acceptors (Lipinski definition) is 4. The van der Waals surface area contributed by atoms with Crippen molar-refractivity contribution >= 4 is 11.4 Å². The Hall–Kier alpha value is -1.55. The van der Waals surface area contributed by atoms with E-state index < -0.39 is 0 Å². The Bertz CT molecular complexity index is 821. The largest absolute Gasteiger partial charge is 0.396 e. The molecule has 3 fully saturated rings. The molecule has 4 nitrogen and oxygen atoms in total. The second-order valence-corrected chi connectivity index (χ2v) is 10.6. The predicted molar refractivity (Wildman–Crippen MR) is 113 cm³/mol. The molecule has 156 valence electrons. The van der Waals surface area contributed by atoms with Crippen molar-refractivity contribution in [3.05, 3.63) is 30.4 Å². The van der Waals surface area contributed by atoms with Crippen LogP contribution in [0.1, 0.15) is 71.0 Å². The zero-order valence-electron chi connectivity index (χ0n) is 17.8. The molecule has 1 aromatic heterocycles. The highest BCUT2D eigenvalue weighted by Crippen LogP contribution is 2.68. The predicted octanol–water partition coefficient (Wildman–Crippen LogP) is 4.69. The smallest absolute Gasteiger partial charge is 0.155 e. The Morgan fingerprint density at radius 2 is 1.97 bits per heavy atom. The van der Waals surface area contributed by atoms with Crippen LogP contribution in [0.15, 0.2) is 24.5 Å². The van der Waals surface area contributed by atoms with Crippen LogP contribution in [0.3, 0.4) is 0 Å². The average Bonchev–Trinajstić information content (AvgIpc) is 3.07. The van der Waals surface area contributed by atoms with E-state index in [2.05, 4.69) is 29.9 Å². The van der Waals surface area contributed by atoms with Crippen LogP contribution in [0.5, 0.6) is 0 Å². The molecular formula is C25H34N2O2. The lowest BCUT2D eigenvalue weighted by molar-refractivity contribution is -0.147. The first-order valence-corrected chi connectivity index (χ1v) is 11.6. The van der Waals surface area contributed by atoms with E-state index >= 15 is 0 Å². The van der Waals surface area contributed by atoms with Crippen LogP contribution >= 0.6 is 0 Å². The van der Waals surface area contributed by atoms with Crippen LogP contribution in [0.2, 0.25) is 0 Å². The van der Waals surface area contributed by atoms with Crippen LogP contribution < -0.4 is 0 Å². The topological polar surface area (TPSA) is 63.1 Å². The van der Waals surface area contributed by atoms with Crippen LogP contribution in [-0.2, 0) is 4.79 Å². The maximum Gasteiger partial charge on any atom is 0.155 e. The maximum atomic E-state index is 12.2. The van der Waals surface area contributed by atoms with Gasteiger partial charge in [-0.25, -0.2) is 9.97 Å². The molecule has 0 bridgehead atoms. The summed E-state index contributed by atoms with van der Waals surface area (Å²) in [6.45, 7) is 5.19. The minimum Gasteiger partial charge on any atom is -0.396 e. The van der Waals surface area contributed by atoms with Gasteiger partial charge in [-0.15, -0.1) is 0 Å². The molecule has 1 heterocycles. The molecule has 29 heavy (non-hydrogen) atoms. The zero-order chi connectivity index (χ0) is 20.2. The van der Waals surface area contributed by atoms with Crippen LogP contribution in [0, 0.1) is 40.4 Å². The van der Waals surface area contributed by atoms with Crippen LogP contribution in [0.25, 0.3) is 5.57 Å². The number of ketones is 1. The third kappa shape index (κ3) is 2.85. The van der Waals surface area contributed by atoms with Gasteiger partial charge in [-0.2, -0.15) is 0 Å². The minimum absolute atomic E-state index is 0.129. The van der Waals surface area contributed by atoms with Crippen molar-refractivity contribution in [2.45, 2.75) is 65.2 Å².